The van der Waals surface area contributed by atoms with Crippen LogP contribution in [0.3, 0.4) is 0 Å². The van der Waals surface area contributed by atoms with Crippen molar-refractivity contribution in [1.29, 1.82) is 0 Å². The van der Waals surface area contributed by atoms with Gasteiger partial charge in [-0.2, -0.15) is 4.98 Å². The zero-order chi connectivity index (χ0) is 18.0. The Kier molecular flexibility index (Phi) is 5.79. The first-order chi connectivity index (χ1) is 12.0. The highest BCUT2D eigenvalue weighted by Crippen LogP contribution is 2.29. The van der Waals surface area contributed by atoms with Crippen LogP contribution in [-0.4, -0.2) is 58.6 Å². The van der Waals surface area contributed by atoms with Gasteiger partial charge in [0.1, 0.15) is 5.82 Å². The molecule has 2 aliphatic rings. The van der Waals surface area contributed by atoms with Gasteiger partial charge >= 0.3 is 0 Å². The molecule has 6 heteroatoms. The number of aliphatic hydroxyl groups is 2. The second kappa shape index (κ2) is 7.87. The summed E-state index contributed by atoms with van der Waals surface area (Å²) in [6, 6.07) is 0. The SMILES string of the molecule is Cc1cnc(N2CCC(C(C)O)CC2)nc1N1CCC(C(C)O)CC1. The van der Waals surface area contributed by atoms with E-state index in [-0.39, 0.29) is 12.2 Å². The molecule has 25 heavy (non-hydrogen) atoms. The topological polar surface area (TPSA) is 72.7 Å². The monoisotopic (exact) mass is 348 g/mol. The maximum absolute atomic E-state index is 9.79. The Morgan fingerprint density at radius 2 is 1.40 bits per heavy atom. The fourth-order valence-corrected chi connectivity index (χ4v) is 4.07. The molecule has 2 N–H and O–H groups in total. The molecule has 0 aromatic carbocycles. The van der Waals surface area contributed by atoms with Gasteiger partial charge in [-0.3, -0.25) is 0 Å². The maximum atomic E-state index is 9.79. The summed E-state index contributed by atoms with van der Waals surface area (Å²) in [5, 5.41) is 19.6. The van der Waals surface area contributed by atoms with Crippen LogP contribution in [0.5, 0.6) is 0 Å². The first kappa shape index (κ1) is 18.4. The normalized spacial score (nSPS) is 22.9. The van der Waals surface area contributed by atoms with E-state index in [0.29, 0.717) is 11.8 Å². The third-order valence-electron chi connectivity index (χ3n) is 5.96. The Balaban J connectivity index is 1.67. The van der Waals surface area contributed by atoms with Crippen LogP contribution in [0.4, 0.5) is 11.8 Å². The molecule has 2 atom stereocenters. The van der Waals surface area contributed by atoms with E-state index in [1.54, 1.807) is 0 Å². The minimum absolute atomic E-state index is 0.223. The van der Waals surface area contributed by atoms with Crippen molar-refractivity contribution in [2.75, 3.05) is 36.0 Å². The summed E-state index contributed by atoms with van der Waals surface area (Å²) in [5.74, 6) is 2.63. The molecule has 140 valence electrons. The van der Waals surface area contributed by atoms with Crippen molar-refractivity contribution in [1.82, 2.24) is 9.97 Å². The van der Waals surface area contributed by atoms with E-state index in [0.717, 1.165) is 69.2 Å². The Bertz CT molecular complexity index is 563. The van der Waals surface area contributed by atoms with E-state index >= 15 is 0 Å². The summed E-state index contributed by atoms with van der Waals surface area (Å²) in [6.45, 7) is 9.54. The highest BCUT2D eigenvalue weighted by molar-refractivity contribution is 5.50. The van der Waals surface area contributed by atoms with Gasteiger partial charge in [-0.1, -0.05) is 0 Å². The fraction of sp³-hybridized carbons (Fsp3) is 0.789. The molecule has 0 amide bonds. The molecule has 2 unspecified atom stereocenters. The van der Waals surface area contributed by atoms with Crippen molar-refractivity contribution in [3.05, 3.63) is 11.8 Å². The number of rotatable bonds is 4. The van der Waals surface area contributed by atoms with E-state index in [9.17, 15) is 10.2 Å². The lowest BCUT2D eigenvalue weighted by molar-refractivity contribution is 0.109. The lowest BCUT2D eigenvalue weighted by Gasteiger charge is -2.36. The number of hydrogen-bond donors (Lipinski definition) is 2. The number of anilines is 2. The zero-order valence-electron chi connectivity index (χ0n) is 15.7. The zero-order valence-corrected chi connectivity index (χ0v) is 15.7. The lowest BCUT2D eigenvalue weighted by Crippen LogP contribution is -2.40. The van der Waals surface area contributed by atoms with Crippen molar-refractivity contribution in [3.63, 3.8) is 0 Å². The molecule has 2 saturated heterocycles. The molecule has 3 heterocycles. The number of piperidine rings is 2. The molecular formula is C19H32N4O2. The van der Waals surface area contributed by atoms with Crippen LogP contribution in [0.1, 0.15) is 45.1 Å². The van der Waals surface area contributed by atoms with Crippen molar-refractivity contribution in [3.8, 4) is 0 Å². The smallest absolute Gasteiger partial charge is 0.227 e. The van der Waals surface area contributed by atoms with Crippen LogP contribution in [0.2, 0.25) is 0 Å². The third-order valence-corrected chi connectivity index (χ3v) is 5.96. The Hall–Kier alpha value is -1.40. The minimum atomic E-state index is -0.230. The van der Waals surface area contributed by atoms with Gasteiger partial charge in [0.15, 0.2) is 0 Å². The van der Waals surface area contributed by atoms with Gasteiger partial charge in [0, 0.05) is 37.9 Å². The fourth-order valence-electron chi connectivity index (χ4n) is 4.07. The van der Waals surface area contributed by atoms with Gasteiger partial charge in [0.25, 0.3) is 0 Å². The second-order valence-electron chi connectivity index (χ2n) is 7.81. The Morgan fingerprint density at radius 1 is 0.920 bits per heavy atom. The second-order valence-corrected chi connectivity index (χ2v) is 7.81. The number of hydrogen-bond acceptors (Lipinski definition) is 6. The quantitative estimate of drug-likeness (QED) is 0.867. The van der Waals surface area contributed by atoms with Gasteiger partial charge in [-0.25, -0.2) is 4.98 Å². The first-order valence-electron chi connectivity index (χ1n) is 9.65. The molecule has 0 radical (unpaired) electrons. The molecule has 0 saturated carbocycles. The van der Waals surface area contributed by atoms with E-state index in [4.69, 9.17) is 4.98 Å². The highest BCUT2D eigenvalue weighted by Gasteiger charge is 2.27. The Morgan fingerprint density at radius 3 is 1.88 bits per heavy atom. The van der Waals surface area contributed by atoms with E-state index in [1.165, 1.54) is 0 Å². The molecule has 6 nitrogen and oxygen atoms in total. The molecule has 2 aliphatic heterocycles. The van der Waals surface area contributed by atoms with Gasteiger partial charge in [-0.15, -0.1) is 0 Å². The van der Waals surface area contributed by atoms with Crippen LogP contribution in [0.25, 0.3) is 0 Å². The standard InChI is InChI=1S/C19H32N4O2/c1-13-12-20-19(23-10-6-17(7-11-23)15(3)25)21-18(13)22-8-4-16(5-9-22)14(2)24/h12,14-17,24-25H,4-11H2,1-3H3. The predicted octanol–water partition coefficient (Wildman–Crippen LogP) is 1.98. The van der Waals surface area contributed by atoms with Crippen molar-refractivity contribution in [2.24, 2.45) is 11.8 Å². The van der Waals surface area contributed by atoms with Gasteiger partial charge in [0.2, 0.25) is 5.95 Å². The molecule has 3 rings (SSSR count). The summed E-state index contributed by atoms with van der Waals surface area (Å²) >= 11 is 0. The van der Waals surface area contributed by atoms with Crippen molar-refractivity contribution in [2.45, 2.75) is 58.7 Å². The van der Waals surface area contributed by atoms with Crippen LogP contribution in [0.15, 0.2) is 6.20 Å². The Labute approximate surface area is 150 Å². The molecular weight excluding hydrogens is 316 g/mol. The first-order valence-corrected chi connectivity index (χ1v) is 9.65. The van der Waals surface area contributed by atoms with Gasteiger partial charge in [0.05, 0.1) is 12.2 Å². The summed E-state index contributed by atoms with van der Waals surface area (Å²) in [5.41, 5.74) is 1.11. The molecule has 0 spiro atoms. The average molecular weight is 348 g/mol. The minimum Gasteiger partial charge on any atom is -0.393 e. The summed E-state index contributed by atoms with van der Waals surface area (Å²) < 4.78 is 0. The number of aliphatic hydroxyl groups excluding tert-OH is 2. The third kappa shape index (κ3) is 4.23. The van der Waals surface area contributed by atoms with Crippen LogP contribution in [-0.2, 0) is 0 Å². The van der Waals surface area contributed by atoms with E-state index < -0.39 is 0 Å². The summed E-state index contributed by atoms with van der Waals surface area (Å²) in [6.07, 6.45) is 5.48. The predicted molar refractivity (Wildman–Crippen MR) is 100 cm³/mol. The average Bonchev–Trinajstić information content (AvgIpc) is 2.62. The molecule has 0 bridgehead atoms. The summed E-state index contributed by atoms with van der Waals surface area (Å²) in [7, 11) is 0. The molecule has 1 aromatic rings. The highest BCUT2D eigenvalue weighted by atomic mass is 16.3. The van der Waals surface area contributed by atoms with Crippen LogP contribution >= 0.6 is 0 Å². The number of nitrogens with zero attached hydrogens (tertiary/aromatic N) is 4. The molecule has 2 fully saturated rings. The number of aryl methyl sites for hydroxylation is 1. The van der Waals surface area contributed by atoms with Crippen molar-refractivity contribution < 1.29 is 10.2 Å². The maximum Gasteiger partial charge on any atom is 0.227 e. The molecule has 0 aliphatic carbocycles. The molecule has 1 aromatic heterocycles. The van der Waals surface area contributed by atoms with Gasteiger partial charge < -0.3 is 20.0 Å². The number of aromatic nitrogens is 2. The lowest BCUT2D eigenvalue weighted by atomic mass is 9.92. The largest absolute Gasteiger partial charge is 0.393 e. The van der Waals surface area contributed by atoms with E-state index in [2.05, 4.69) is 21.7 Å². The van der Waals surface area contributed by atoms with Crippen LogP contribution < -0.4 is 9.80 Å². The van der Waals surface area contributed by atoms with Crippen molar-refractivity contribution >= 4 is 11.8 Å². The summed E-state index contributed by atoms with van der Waals surface area (Å²) in [4.78, 5) is 14.0. The van der Waals surface area contributed by atoms with Crippen LogP contribution in [0, 0.1) is 18.8 Å². The van der Waals surface area contributed by atoms with E-state index in [1.807, 2.05) is 20.0 Å². The van der Waals surface area contributed by atoms with Gasteiger partial charge in [-0.05, 0) is 58.3 Å².